The van der Waals surface area contributed by atoms with Gasteiger partial charge in [0.1, 0.15) is 0 Å². The molecule has 2 rings (SSSR count). The summed E-state index contributed by atoms with van der Waals surface area (Å²) in [5.41, 5.74) is 2.08. The number of nitrogens with zero attached hydrogens (tertiary/aromatic N) is 1. The molecular weight excluding hydrogens is 296 g/mol. The molecule has 112 valence electrons. The fourth-order valence-corrected chi connectivity index (χ4v) is 3.85. The number of benzene rings is 1. The van der Waals surface area contributed by atoms with Gasteiger partial charge in [0.2, 0.25) is 0 Å². The lowest BCUT2D eigenvalue weighted by Gasteiger charge is -2.22. The zero-order valence-corrected chi connectivity index (χ0v) is 13.3. The SMILES string of the molecule is CCNCc1ccc(N2CCCS(=O)(=O)CC2)cc1Cl. The van der Waals surface area contributed by atoms with E-state index in [2.05, 4.69) is 17.1 Å². The van der Waals surface area contributed by atoms with Gasteiger partial charge in [0.15, 0.2) is 9.84 Å². The van der Waals surface area contributed by atoms with Crippen molar-refractivity contribution in [2.75, 3.05) is 36.0 Å². The van der Waals surface area contributed by atoms with Crippen molar-refractivity contribution in [2.24, 2.45) is 0 Å². The molecule has 0 aliphatic carbocycles. The summed E-state index contributed by atoms with van der Waals surface area (Å²) in [6.07, 6.45) is 0.680. The van der Waals surface area contributed by atoms with Crippen LogP contribution in [-0.4, -0.2) is 39.6 Å². The molecule has 1 aromatic rings. The normalized spacial score (nSPS) is 18.8. The standard InChI is InChI=1S/C14H21ClN2O2S/c1-2-16-11-12-4-5-13(10-14(12)15)17-6-3-8-20(18,19)9-7-17/h4-5,10,16H,2-3,6-9,11H2,1H3. The van der Waals surface area contributed by atoms with Gasteiger partial charge in [-0.25, -0.2) is 8.42 Å². The Kier molecular flexibility index (Phi) is 5.29. The van der Waals surface area contributed by atoms with Gasteiger partial charge in [0.25, 0.3) is 0 Å². The average molecular weight is 317 g/mol. The molecule has 1 saturated heterocycles. The monoisotopic (exact) mass is 316 g/mol. The number of nitrogens with one attached hydrogen (secondary N) is 1. The minimum atomic E-state index is -2.88. The van der Waals surface area contributed by atoms with Crippen LogP contribution in [0.1, 0.15) is 18.9 Å². The zero-order chi connectivity index (χ0) is 14.6. The summed E-state index contributed by atoms with van der Waals surface area (Å²) in [4.78, 5) is 2.10. The van der Waals surface area contributed by atoms with Gasteiger partial charge < -0.3 is 10.2 Å². The van der Waals surface area contributed by atoms with E-state index in [1.165, 1.54) is 0 Å². The Morgan fingerprint density at radius 1 is 1.30 bits per heavy atom. The summed E-state index contributed by atoms with van der Waals surface area (Å²) in [7, 11) is -2.88. The van der Waals surface area contributed by atoms with E-state index in [0.29, 0.717) is 13.0 Å². The van der Waals surface area contributed by atoms with Crippen molar-refractivity contribution in [3.8, 4) is 0 Å². The van der Waals surface area contributed by atoms with Gasteiger partial charge >= 0.3 is 0 Å². The molecule has 6 heteroatoms. The molecule has 0 unspecified atom stereocenters. The molecule has 1 N–H and O–H groups in total. The molecule has 0 atom stereocenters. The van der Waals surface area contributed by atoms with E-state index >= 15 is 0 Å². The topological polar surface area (TPSA) is 49.4 Å². The Labute approximate surface area is 126 Å². The fourth-order valence-electron chi connectivity index (χ4n) is 2.33. The molecule has 20 heavy (non-hydrogen) atoms. The van der Waals surface area contributed by atoms with E-state index in [1.807, 2.05) is 18.2 Å². The smallest absolute Gasteiger partial charge is 0.152 e. The minimum absolute atomic E-state index is 0.226. The van der Waals surface area contributed by atoms with Crippen molar-refractivity contribution >= 4 is 27.1 Å². The molecule has 0 radical (unpaired) electrons. The Hall–Kier alpha value is -0.780. The van der Waals surface area contributed by atoms with Gasteiger partial charge in [-0.2, -0.15) is 0 Å². The summed E-state index contributed by atoms with van der Waals surface area (Å²) in [6, 6.07) is 5.97. The summed E-state index contributed by atoms with van der Waals surface area (Å²) in [5, 5.41) is 3.98. The molecule has 4 nitrogen and oxygen atoms in total. The third-order valence-electron chi connectivity index (χ3n) is 3.52. The van der Waals surface area contributed by atoms with Crippen LogP contribution >= 0.6 is 11.6 Å². The van der Waals surface area contributed by atoms with Crippen LogP contribution < -0.4 is 10.2 Å². The van der Waals surface area contributed by atoms with Crippen LogP contribution in [-0.2, 0) is 16.4 Å². The first-order valence-corrected chi connectivity index (χ1v) is 9.16. The highest BCUT2D eigenvalue weighted by Crippen LogP contribution is 2.25. The van der Waals surface area contributed by atoms with E-state index in [9.17, 15) is 8.42 Å². The highest BCUT2D eigenvalue weighted by atomic mass is 35.5. The lowest BCUT2D eigenvalue weighted by molar-refractivity contribution is 0.597. The maximum absolute atomic E-state index is 11.6. The Morgan fingerprint density at radius 3 is 2.80 bits per heavy atom. The molecule has 1 aliphatic heterocycles. The quantitative estimate of drug-likeness (QED) is 0.924. The highest BCUT2D eigenvalue weighted by Gasteiger charge is 2.19. The predicted octanol–water partition coefficient (Wildman–Crippen LogP) is 2.07. The summed E-state index contributed by atoms with van der Waals surface area (Å²) >= 11 is 6.30. The fraction of sp³-hybridized carbons (Fsp3) is 0.571. The molecule has 0 bridgehead atoms. The first-order chi connectivity index (χ1) is 9.52. The molecule has 1 fully saturated rings. The van der Waals surface area contributed by atoms with E-state index in [1.54, 1.807) is 0 Å². The third-order valence-corrected chi connectivity index (χ3v) is 5.59. The van der Waals surface area contributed by atoms with Gasteiger partial charge in [0.05, 0.1) is 11.5 Å². The molecular formula is C14H21ClN2O2S. The minimum Gasteiger partial charge on any atom is -0.370 e. The van der Waals surface area contributed by atoms with Crippen LogP contribution in [0.5, 0.6) is 0 Å². The second-order valence-electron chi connectivity index (χ2n) is 5.05. The molecule has 1 aromatic carbocycles. The summed E-state index contributed by atoms with van der Waals surface area (Å²) < 4.78 is 23.3. The maximum Gasteiger partial charge on any atom is 0.152 e. The van der Waals surface area contributed by atoms with Crippen molar-refractivity contribution in [1.82, 2.24) is 5.32 Å². The highest BCUT2D eigenvalue weighted by molar-refractivity contribution is 7.91. The van der Waals surface area contributed by atoms with Crippen molar-refractivity contribution in [3.63, 3.8) is 0 Å². The lowest BCUT2D eigenvalue weighted by atomic mass is 10.2. The molecule has 1 aliphatic rings. The predicted molar refractivity (Wildman–Crippen MR) is 84.3 cm³/mol. The van der Waals surface area contributed by atoms with E-state index in [-0.39, 0.29) is 11.5 Å². The van der Waals surface area contributed by atoms with Crippen LogP contribution in [0.2, 0.25) is 5.02 Å². The number of sulfone groups is 1. The van der Waals surface area contributed by atoms with Gasteiger partial charge in [-0.15, -0.1) is 0 Å². The van der Waals surface area contributed by atoms with Crippen LogP contribution in [0, 0.1) is 0 Å². The van der Waals surface area contributed by atoms with Crippen molar-refractivity contribution in [2.45, 2.75) is 19.9 Å². The summed E-state index contributed by atoms with van der Waals surface area (Å²) in [5.74, 6) is 0.513. The number of rotatable bonds is 4. The van der Waals surface area contributed by atoms with Crippen molar-refractivity contribution in [3.05, 3.63) is 28.8 Å². The van der Waals surface area contributed by atoms with Gasteiger partial charge in [-0.3, -0.25) is 0 Å². The van der Waals surface area contributed by atoms with E-state index in [4.69, 9.17) is 11.6 Å². The summed E-state index contributed by atoms with van der Waals surface area (Å²) in [6.45, 7) is 5.03. The second kappa shape index (κ2) is 6.78. The molecule has 1 heterocycles. The van der Waals surface area contributed by atoms with E-state index < -0.39 is 9.84 Å². The number of halogens is 1. The number of hydrogen-bond acceptors (Lipinski definition) is 4. The van der Waals surface area contributed by atoms with Crippen LogP contribution in [0.25, 0.3) is 0 Å². The third kappa shape index (κ3) is 4.11. The van der Waals surface area contributed by atoms with Gasteiger partial charge in [0, 0.05) is 30.3 Å². The Morgan fingerprint density at radius 2 is 2.10 bits per heavy atom. The maximum atomic E-state index is 11.6. The average Bonchev–Trinajstić information content (AvgIpc) is 2.58. The Balaban J connectivity index is 2.11. The molecule has 0 aromatic heterocycles. The largest absolute Gasteiger partial charge is 0.370 e. The molecule has 0 amide bonds. The van der Waals surface area contributed by atoms with Crippen molar-refractivity contribution < 1.29 is 8.42 Å². The first kappa shape index (κ1) is 15.6. The van der Waals surface area contributed by atoms with Crippen molar-refractivity contribution in [1.29, 1.82) is 0 Å². The number of hydrogen-bond donors (Lipinski definition) is 1. The molecule has 0 spiro atoms. The lowest BCUT2D eigenvalue weighted by Crippen LogP contribution is -2.26. The van der Waals surface area contributed by atoms with Crippen LogP contribution in [0.3, 0.4) is 0 Å². The number of anilines is 1. The van der Waals surface area contributed by atoms with Crippen LogP contribution in [0.4, 0.5) is 5.69 Å². The molecule has 0 saturated carbocycles. The first-order valence-electron chi connectivity index (χ1n) is 6.96. The van der Waals surface area contributed by atoms with Gasteiger partial charge in [-0.1, -0.05) is 24.6 Å². The van der Waals surface area contributed by atoms with E-state index in [0.717, 1.165) is 35.9 Å². The Bertz CT molecular complexity index is 560. The second-order valence-corrected chi connectivity index (χ2v) is 7.76. The van der Waals surface area contributed by atoms with Crippen LogP contribution in [0.15, 0.2) is 18.2 Å². The zero-order valence-electron chi connectivity index (χ0n) is 11.7. The van der Waals surface area contributed by atoms with Gasteiger partial charge in [-0.05, 0) is 30.7 Å².